The van der Waals surface area contributed by atoms with Gasteiger partial charge < -0.3 is 15.1 Å². The van der Waals surface area contributed by atoms with Gasteiger partial charge in [-0.25, -0.2) is 4.85 Å². The lowest BCUT2D eigenvalue weighted by Gasteiger charge is -2.40. The second-order valence-corrected chi connectivity index (χ2v) is 16.4. The van der Waals surface area contributed by atoms with Gasteiger partial charge in [0.1, 0.15) is 6.04 Å². The fourth-order valence-electron chi connectivity index (χ4n) is 8.90. The highest BCUT2D eigenvalue weighted by atomic mass is 35.5. The molecule has 3 fully saturated rings. The number of benzene rings is 3. The SMILES string of the molecule is [C-]#[N+]c1ccc(-c2nn(Cc3ccc(C(=O)NC4CCN(C5CCC(C#Cc6cccc7c6C(=O)N(C6CCC(=O)NC6=O)C7)CC5)CC4)cc3)c(C)c2C)cc1Cl. The van der Waals surface area contributed by atoms with Crippen LogP contribution in [0.15, 0.2) is 60.7 Å². The predicted octanol–water partition coefficient (Wildman–Crippen LogP) is 6.99. The van der Waals surface area contributed by atoms with E-state index < -0.39 is 11.9 Å². The Bertz CT molecular complexity index is 2390. The number of halogens is 1. The van der Waals surface area contributed by atoms with E-state index in [0.717, 1.165) is 85.3 Å². The maximum atomic E-state index is 13.5. The highest BCUT2D eigenvalue weighted by molar-refractivity contribution is 6.33. The first-order valence-corrected chi connectivity index (χ1v) is 20.6. The van der Waals surface area contributed by atoms with E-state index in [1.165, 1.54) is 0 Å². The molecule has 296 valence electrons. The number of carbonyl (C=O) groups excluding carboxylic acids is 4. The molecule has 2 N–H and O–H groups in total. The molecule has 1 aromatic heterocycles. The van der Waals surface area contributed by atoms with Crippen molar-refractivity contribution < 1.29 is 19.2 Å². The van der Waals surface area contributed by atoms with Crippen LogP contribution in [0.25, 0.3) is 16.1 Å². The normalized spacial score (nSPS) is 21.2. The van der Waals surface area contributed by atoms with Gasteiger partial charge in [-0.2, -0.15) is 5.10 Å². The number of carbonyl (C=O) groups is 4. The lowest BCUT2D eigenvalue weighted by molar-refractivity contribution is -0.136. The van der Waals surface area contributed by atoms with E-state index in [-0.39, 0.29) is 36.1 Å². The number of hydrogen-bond donors (Lipinski definition) is 2. The Morgan fingerprint density at radius 3 is 2.45 bits per heavy atom. The average molecular weight is 796 g/mol. The summed E-state index contributed by atoms with van der Waals surface area (Å²) in [5, 5.41) is 10.9. The van der Waals surface area contributed by atoms with Gasteiger partial charge in [0, 0.05) is 71.5 Å². The molecule has 11 nitrogen and oxygen atoms in total. The first kappa shape index (κ1) is 39.1. The van der Waals surface area contributed by atoms with Crippen molar-refractivity contribution in [1.29, 1.82) is 0 Å². The smallest absolute Gasteiger partial charge is 0.256 e. The van der Waals surface area contributed by atoms with Crippen LogP contribution in [-0.2, 0) is 22.7 Å². The summed E-state index contributed by atoms with van der Waals surface area (Å²) in [6.45, 7) is 14.2. The summed E-state index contributed by atoms with van der Waals surface area (Å²) >= 11 is 6.31. The number of amides is 4. The van der Waals surface area contributed by atoms with Crippen LogP contribution in [0.3, 0.4) is 0 Å². The third kappa shape index (κ3) is 8.02. The van der Waals surface area contributed by atoms with Crippen LogP contribution in [0.5, 0.6) is 0 Å². The van der Waals surface area contributed by atoms with Gasteiger partial charge in [0.05, 0.1) is 24.4 Å². The molecular weight excluding hydrogens is 750 g/mol. The molecule has 58 heavy (non-hydrogen) atoms. The number of hydrogen-bond acceptors (Lipinski definition) is 6. The molecule has 4 aliphatic rings. The molecule has 0 bridgehead atoms. The van der Waals surface area contributed by atoms with Crippen LogP contribution >= 0.6 is 11.6 Å². The highest BCUT2D eigenvalue weighted by Gasteiger charge is 2.40. The van der Waals surface area contributed by atoms with E-state index in [2.05, 4.69) is 32.2 Å². The number of aromatic nitrogens is 2. The van der Waals surface area contributed by atoms with Crippen molar-refractivity contribution in [2.75, 3.05) is 13.1 Å². The summed E-state index contributed by atoms with van der Waals surface area (Å²) < 4.78 is 1.96. The number of rotatable bonds is 7. The number of nitrogens with zero attached hydrogens (tertiary/aromatic N) is 5. The lowest BCUT2D eigenvalue weighted by atomic mass is 9.84. The van der Waals surface area contributed by atoms with Gasteiger partial charge in [0.15, 0.2) is 0 Å². The second kappa shape index (κ2) is 16.6. The average Bonchev–Trinajstić information content (AvgIpc) is 3.71. The zero-order valence-corrected chi connectivity index (χ0v) is 33.6. The summed E-state index contributed by atoms with van der Waals surface area (Å²) in [5.41, 5.74) is 8.09. The molecule has 4 heterocycles. The Hall–Kier alpha value is -5.75. The molecular formula is C46H46ClN7O4. The van der Waals surface area contributed by atoms with Crippen LogP contribution in [0, 0.1) is 38.2 Å². The van der Waals surface area contributed by atoms with Crippen molar-refractivity contribution in [1.82, 2.24) is 30.2 Å². The van der Waals surface area contributed by atoms with E-state index in [4.69, 9.17) is 23.3 Å². The van der Waals surface area contributed by atoms with Gasteiger partial charge in [0.25, 0.3) is 11.8 Å². The predicted molar refractivity (Wildman–Crippen MR) is 221 cm³/mol. The van der Waals surface area contributed by atoms with Crippen molar-refractivity contribution in [3.8, 4) is 23.1 Å². The van der Waals surface area contributed by atoms with Gasteiger partial charge >= 0.3 is 0 Å². The third-order valence-corrected chi connectivity index (χ3v) is 12.7. The van der Waals surface area contributed by atoms with E-state index in [1.807, 2.05) is 67.1 Å². The Morgan fingerprint density at radius 1 is 0.983 bits per heavy atom. The fraction of sp³-hybridized carbons (Fsp3) is 0.391. The topological polar surface area (TPSA) is 121 Å². The van der Waals surface area contributed by atoms with E-state index in [0.29, 0.717) is 53.0 Å². The molecule has 0 radical (unpaired) electrons. The summed E-state index contributed by atoms with van der Waals surface area (Å²) in [6.07, 6.45) is 6.55. The van der Waals surface area contributed by atoms with Gasteiger partial charge in [-0.3, -0.25) is 29.2 Å². The maximum Gasteiger partial charge on any atom is 0.256 e. The molecule has 1 atom stereocenters. The highest BCUT2D eigenvalue weighted by Crippen LogP contribution is 2.34. The largest absolute Gasteiger partial charge is 0.349 e. The summed E-state index contributed by atoms with van der Waals surface area (Å²) in [7, 11) is 0. The molecule has 3 aliphatic heterocycles. The Morgan fingerprint density at radius 2 is 1.74 bits per heavy atom. The van der Waals surface area contributed by atoms with Gasteiger partial charge in [-0.05, 0) is 99.7 Å². The number of imide groups is 1. The van der Waals surface area contributed by atoms with E-state index in [9.17, 15) is 19.2 Å². The summed E-state index contributed by atoms with van der Waals surface area (Å²) in [6, 6.07) is 18.9. The first-order chi connectivity index (χ1) is 28.1. The van der Waals surface area contributed by atoms with Gasteiger partial charge in [0.2, 0.25) is 17.5 Å². The van der Waals surface area contributed by atoms with E-state index in [1.54, 1.807) is 17.0 Å². The maximum absolute atomic E-state index is 13.5. The number of likely N-dealkylation sites (tertiary alicyclic amines) is 1. The molecule has 12 heteroatoms. The standard InChI is InChI=1S/C46H46ClN7O4/c1-28-29(2)54(51-43(28)34-15-18-39(48-3)38(47)25-34)26-31-8-13-33(14-9-31)44(56)49-36-21-23-52(24-22-36)37-16-10-30(11-17-37)7-12-32-5-4-6-35-27-53(46(58)42(32)35)40-19-20-41(55)50-45(40)57/h4-6,8-9,13-15,18,25,30,36-37,40H,10-11,16-17,19-24,26-27H2,1-2H3,(H,49,56)(H,50,55,57). The molecule has 4 aromatic rings. The number of piperidine rings is 2. The molecule has 1 unspecified atom stereocenters. The molecule has 8 rings (SSSR count). The van der Waals surface area contributed by atoms with Crippen LogP contribution in [0.4, 0.5) is 5.69 Å². The third-order valence-electron chi connectivity index (χ3n) is 12.4. The molecule has 0 spiro atoms. The number of nitrogens with one attached hydrogen (secondary N) is 2. The molecule has 1 saturated carbocycles. The van der Waals surface area contributed by atoms with Crippen LogP contribution in [0.1, 0.15) is 100 Å². The fourth-order valence-corrected chi connectivity index (χ4v) is 9.13. The second-order valence-electron chi connectivity index (χ2n) is 16.0. The monoisotopic (exact) mass is 795 g/mol. The van der Waals surface area contributed by atoms with Crippen LogP contribution in [0.2, 0.25) is 5.02 Å². The lowest BCUT2D eigenvalue weighted by Crippen LogP contribution is -2.52. The summed E-state index contributed by atoms with van der Waals surface area (Å²) in [4.78, 5) is 58.5. The minimum Gasteiger partial charge on any atom is -0.349 e. The van der Waals surface area contributed by atoms with Crippen molar-refractivity contribution in [2.24, 2.45) is 5.92 Å². The van der Waals surface area contributed by atoms with Crippen molar-refractivity contribution in [2.45, 2.75) is 96.4 Å². The molecule has 2 saturated heterocycles. The zero-order valence-electron chi connectivity index (χ0n) is 32.8. The summed E-state index contributed by atoms with van der Waals surface area (Å²) in [5.74, 6) is 6.12. The Kier molecular flexibility index (Phi) is 11.2. The Labute approximate surface area is 343 Å². The minimum atomic E-state index is -0.637. The van der Waals surface area contributed by atoms with Gasteiger partial charge in [-0.15, -0.1) is 0 Å². The van der Waals surface area contributed by atoms with Crippen LogP contribution in [-0.4, -0.2) is 74.4 Å². The zero-order chi connectivity index (χ0) is 40.5. The Balaban J connectivity index is 0.795. The minimum absolute atomic E-state index is 0.0494. The molecule has 3 aromatic carbocycles. The number of fused-ring (bicyclic) bond motifs is 1. The first-order valence-electron chi connectivity index (χ1n) is 20.2. The molecule has 4 amide bonds. The van der Waals surface area contributed by atoms with Crippen molar-refractivity contribution >= 4 is 40.9 Å². The van der Waals surface area contributed by atoms with Crippen LogP contribution < -0.4 is 10.6 Å². The van der Waals surface area contributed by atoms with Crippen molar-refractivity contribution in [3.05, 3.63) is 116 Å². The van der Waals surface area contributed by atoms with E-state index >= 15 is 0 Å². The molecule has 1 aliphatic carbocycles. The van der Waals surface area contributed by atoms with Crippen molar-refractivity contribution in [3.63, 3.8) is 0 Å². The quantitative estimate of drug-likeness (QED) is 0.118. The van der Waals surface area contributed by atoms with Gasteiger partial charge in [-0.1, -0.05) is 59.8 Å².